The minimum Gasteiger partial charge on any atom is -0.507 e. The third-order valence-electron chi connectivity index (χ3n) is 9.84. The largest absolute Gasteiger partial charge is 0.507 e. The third-order valence-corrected chi connectivity index (χ3v) is 10.3. The van der Waals surface area contributed by atoms with E-state index in [9.17, 15) is 29.4 Å². The van der Waals surface area contributed by atoms with Crippen LogP contribution in [0.5, 0.6) is 5.75 Å². The van der Waals surface area contributed by atoms with Crippen LogP contribution in [0, 0.1) is 35.0 Å². The number of carbonyl (C=O) groups is 4. The first kappa shape index (κ1) is 29.8. The predicted molar refractivity (Wildman–Crippen MR) is 152 cm³/mol. The van der Waals surface area contributed by atoms with Crippen LogP contribution >= 0.6 is 11.6 Å². The molecule has 0 bridgehead atoms. The van der Waals surface area contributed by atoms with E-state index in [0.717, 1.165) is 24.9 Å². The van der Waals surface area contributed by atoms with Crippen molar-refractivity contribution in [1.29, 1.82) is 5.41 Å². The molecule has 0 spiro atoms. The van der Waals surface area contributed by atoms with Crippen LogP contribution in [-0.2, 0) is 20.8 Å². The van der Waals surface area contributed by atoms with Gasteiger partial charge in [0.25, 0.3) is 0 Å². The number of nitrogens with zero attached hydrogens (tertiary/aromatic N) is 2. The maximum atomic E-state index is 14.0. The number of aliphatic hydroxyl groups is 1. The van der Waals surface area contributed by atoms with Gasteiger partial charge in [-0.2, -0.15) is 0 Å². The number of halogens is 1. The molecule has 1 saturated heterocycles. The maximum Gasteiger partial charge on any atom is 0.233 e. The highest BCUT2D eigenvalue weighted by molar-refractivity contribution is 6.35. The second-order valence-corrected chi connectivity index (χ2v) is 13.4. The summed E-state index contributed by atoms with van der Waals surface area (Å²) in [7, 11) is 3.20. The van der Waals surface area contributed by atoms with Crippen molar-refractivity contribution in [2.75, 3.05) is 20.6 Å². The topological polar surface area (TPSA) is 165 Å². The van der Waals surface area contributed by atoms with E-state index >= 15 is 0 Å². The first-order chi connectivity index (χ1) is 19.1. The van der Waals surface area contributed by atoms with Gasteiger partial charge in [0.15, 0.2) is 23.0 Å². The number of amides is 1. The number of nitrogens with two attached hydrogens (primary N) is 1. The van der Waals surface area contributed by atoms with E-state index in [1.165, 1.54) is 11.0 Å². The Hall–Kier alpha value is -2.66. The summed E-state index contributed by atoms with van der Waals surface area (Å²) in [6.07, 6.45) is 2.09. The SMILES string of the molecule is CC(C)CN1C(C)CCC1c1cc(O)c2c(c1Cl)CC1CC3C(N(C)C)C(=O)C(C(N)=O)C(=N)C3(O)C(=O)C1C2=O. The second kappa shape index (κ2) is 10.3. The number of rotatable bonds is 5. The molecule has 8 atom stereocenters. The number of carbonyl (C=O) groups excluding carboxylic acids is 4. The van der Waals surface area contributed by atoms with Gasteiger partial charge < -0.3 is 21.4 Å². The van der Waals surface area contributed by atoms with Gasteiger partial charge in [-0.1, -0.05) is 25.4 Å². The van der Waals surface area contributed by atoms with Gasteiger partial charge in [0, 0.05) is 29.6 Å². The molecular weight excluding hydrogens is 548 g/mol. The lowest BCUT2D eigenvalue weighted by Gasteiger charge is -2.53. The van der Waals surface area contributed by atoms with Gasteiger partial charge >= 0.3 is 0 Å². The highest BCUT2D eigenvalue weighted by Crippen LogP contribution is 2.53. The fourth-order valence-corrected chi connectivity index (χ4v) is 8.42. The first-order valence-corrected chi connectivity index (χ1v) is 14.7. The van der Waals surface area contributed by atoms with Gasteiger partial charge in [-0.15, -0.1) is 0 Å². The highest BCUT2D eigenvalue weighted by atomic mass is 35.5. The van der Waals surface area contributed by atoms with Crippen LogP contribution in [-0.4, -0.2) is 87.3 Å². The average Bonchev–Trinajstić information content (AvgIpc) is 3.22. The van der Waals surface area contributed by atoms with Gasteiger partial charge in [-0.05, 0) is 75.7 Å². The van der Waals surface area contributed by atoms with Gasteiger partial charge in [-0.25, -0.2) is 0 Å². The first-order valence-electron chi connectivity index (χ1n) is 14.3. The molecule has 3 aliphatic carbocycles. The number of hydrogen-bond acceptors (Lipinski definition) is 9. The zero-order chi connectivity index (χ0) is 30.3. The molecule has 1 aliphatic heterocycles. The number of fused-ring (bicyclic) bond motifs is 3. The molecule has 1 aromatic rings. The van der Waals surface area contributed by atoms with Crippen molar-refractivity contribution in [3.05, 3.63) is 27.8 Å². The molecule has 0 radical (unpaired) electrons. The van der Waals surface area contributed by atoms with Crippen molar-refractivity contribution in [3.63, 3.8) is 0 Å². The Bertz CT molecular complexity index is 1360. The molecule has 0 aromatic heterocycles. The standard InChI is InChI=1S/C30H39ClN4O6/c1-12(2)11-35-13(3)6-7-18(35)15-10-19(36)21-16(23(15)31)8-14-9-17-24(34(4)5)26(38)22(29(33)40)27(32)30(17,41)28(39)20(14)25(21)37/h10,12-14,17-18,20,22,24,32,36,41H,6-9,11H2,1-5H3,(H2,33,40). The van der Waals surface area contributed by atoms with E-state index in [1.807, 2.05) is 0 Å². The van der Waals surface area contributed by atoms with Crippen molar-refractivity contribution < 1.29 is 29.4 Å². The van der Waals surface area contributed by atoms with Gasteiger partial charge in [0.2, 0.25) is 5.91 Å². The van der Waals surface area contributed by atoms with E-state index in [2.05, 4.69) is 25.7 Å². The molecule has 41 heavy (non-hydrogen) atoms. The monoisotopic (exact) mass is 586 g/mol. The summed E-state index contributed by atoms with van der Waals surface area (Å²) in [5.74, 6) is -8.00. The fourth-order valence-electron chi connectivity index (χ4n) is 8.07. The zero-order valence-electron chi connectivity index (χ0n) is 24.1. The Labute approximate surface area is 244 Å². The molecule has 222 valence electrons. The maximum absolute atomic E-state index is 14.0. The number of likely N-dealkylation sites (tertiary alicyclic amines) is 1. The van der Waals surface area contributed by atoms with Crippen LogP contribution in [0.15, 0.2) is 6.07 Å². The molecule has 8 unspecified atom stereocenters. The van der Waals surface area contributed by atoms with Crippen LogP contribution < -0.4 is 5.73 Å². The number of likely N-dealkylation sites (N-methyl/N-ethyl adjacent to an activating group) is 1. The van der Waals surface area contributed by atoms with Gasteiger partial charge in [0.05, 0.1) is 23.2 Å². The van der Waals surface area contributed by atoms with Crippen molar-refractivity contribution >= 4 is 40.6 Å². The number of ketones is 3. The lowest BCUT2D eigenvalue weighted by Crippen LogP contribution is -2.73. The molecule has 4 aliphatic rings. The minimum atomic E-state index is -2.52. The molecule has 2 saturated carbocycles. The van der Waals surface area contributed by atoms with Crippen molar-refractivity contribution in [3.8, 4) is 5.75 Å². The zero-order valence-corrected chi connectivity index (χ0v) is 24.9. The van der Waals surface area contributed by atoms with E-state index in [4.69, 9.17) is 22.7 Å². The second-order valence-electron chi connectivity index (χ2n) is 13.0. The summed E-state index contributed by atoms with van der Waals surface area (Å²) >= 11 is 7.03. The number of phenolic OH excluding ortho intramolecular Hbond substituents is 1. The molecule has 5 N–H and O–H groups in total. The lowest BCUT2D eigenvalue weighted by molar-refractivity contribution is -0.157. The summed E-state index contributed by atoms with van der Waals surface area (Å²) in [6.45, 7) is 7.33. The number of phenols is 1. The summed E-state index contributed by atoms with van der Waals surface area (Å²) in [6, 6.07) is 0.782. The van der Waals surface area contributed by atoms with Crippen LogP contribution in [0.2, 0.25) is 5.02 Å². The summed E-state index contributed by atoms with van der Waals surface area (Å²) in [5, 5.41) is 32.0. The molecule has 5 rings (SSSR count). The van der Waals surface area contributed by atoms with Crippen LogP contribution in [0.25, 0.3) is 0 Å². The Morgan fingerprint density at radius 2 is 1.93 bits per heavy atom. The summed E-state index contributed by atoms with van der Waals surface area (Å²) < 4.78 is 0. The van der Waals surface area contributed by atoms with Gasteiger partial charge in [-0.3, -0.25) is 29.0 Å². The van der Waals surface area contributed by atoms with Crippen molar-refractivity contribution in [2.45, 2.75) is 70.2 Å². The molecule has 3 fully saturated rings. The number of benzene rings is 1. The smallest absolute Gasteiger partial charge is 0.233 e. The fraction of sp³-hybridized carbons (Fsp3) is 0.633. The molecule has 1 heterocycles. The quantitative estimate of drug-likeness (QED) is 0.381. The third kappa shape index (κ3) is 4.28. The van der Waals surface area contributed by atoms with Crippen LogP contribution in [0.4, 0.5) is 0 Å². The van der Waals surface area contributed by atoms with E-state index in [-0.39, 0.29) is 30.2 Å². The van der Waals surface area contributed by atoms with Crippen molar-refractivity contribution in [2.24, 2.45) is 35.3 Å². The number of primary amides is 1. The Kier molecular flexibility index (Phi) is 7.46. The van der Waals surface area contributed by atoms with Crippen molar-refractivity contribution in [1.82, 2.24) is 9.80 Å². The highest BCUT2D eigenvalue weighted by Gasteiger charge is 2.67. The Balaban J connectivity index is 1.59. The van der Waals surface area contributed by atoms with E-state index < -0.39 is 64.3 Å². The van der Waals surface area contributed by atoms with Crippen LogP contribution in [0.1, 0.15) is 67.6 Å². The number of aromatic hydroxyl groups is 1. The average molecular weight is 587 g/mol. The minimum absolute atomic E-state index is 0.0256. The summed E-state index contributed by atoms with van der Waals surface area (Å²) in [4.78, 5) is 57.4. The van der Waals surface area contributed by atoms with Crippen LogP contribution in [0.3, 0.4) is 0 Å². The summed E-state index contributed by atoms with van der Waals surface area (Å²) in [5.41, 5.74) is 3.34. The number of Topliss-reactive ketones (excluding diaryl/α,β-unsaturated/α-hetero) is 3. The molecule has 11 heteroatoms. The Morgan fingerprint density at radius 1 is 1.27 bits per heavy atom. The Morgan fingerprint density at radius 3 is 2.51 bits per heavy atom. The number of nitrogens with one attached hydrogen (secondary N) is 1. The molecular formula is C30H39ClN4O6. The molecule has 1 amide bonds. The van der Waals surface area contributed by atoms with E-state index in [1.54, 1.807) is 14.1 Å². The molecule has 1 aromatic carbocycles. The predicted octanol–water partition coefficient (Wildman–Crippen LogP) is 2.15. The normalized spacial score (nSPS) is 35.6. The lowest BCUT2D eigenvalue weighted by atomic mass is 9.52. The van der Waals surface area contributed by atoms with E-state index in [0.29, 0.717) is 22.5 Å². The number of hydrogen-bond donors (Lipinski definition) is 4. The molecule has 10 nitrogen and oxygen atoms in total. The van der Waals surface area contributed by atoms with Gasteiger partial charge in [0.1, 0.15) is 11.7 Å².